The van der Waals surface area contributed by atoms with E-state index in [0.29, 0.717) is 11.6 Å². The third kappa shape index (κ3) is 6.27. The molecule has 55 heavy (non-hydrogen) atoms. The van der Waals surface area contributed by atoms with Gasteiger partial charge in [0.25, 0.3) is 0 Å². The van der Waals surface area contributed by atoms with Gasteiger partial charge in [-0.25, -0.2) is 19.9 Å². The summed E-state index contributed by atoms with van der Waals surface area (Å²) in [6.07, 6.45) is 0. The molecule has 0 aliphatic heterocycles. The minimum absolute atomic E-state index is 0.634. The maximum absolute atomic E-state index is 5.33. The van der Waals surface area contributed by atoms with E-state index in [4.69, 9.17) is 19.9 Å². The average Bonchev–Trinajstić information content (AvgIpc) is 3.66. The molecule has 10 aromatic rings. The maximum Gasteiger partial charge on any atom is 0.161 e. The van der Waals surface area contributed by atoms with Crippen molar-refractivity contribution in [2.75, 3.05) is 0 Å². The van der Waals surface area contributed by atoms with Crippen molar-refractivity contribution in [1.29, 1.82) is 0 Å². The van der Waals surface area contributed by atoms with Gasteiger partial charge in [-0.3, -0.25) is 0 Å². The summed E-state index contributed by atoms with van der Waals surface area (Å²) in [5.41, 5.74) is 11.5. The normalized spacial score (nSPS) is 11.3. The molecule has 3 aromatic heterocycles. The van der Waals surface area contributed by atoms with Crippen LogP contribution in [0.15, 0.2) is 194 Å². The predicted octanol–water partition coefficient (Wildman–Crippen LogP) is 13.3. The van der Waals surface area contributed by atoms with Crippen LogP contribution in [0.4, 0.5) is 0 Å². The van der Waals surface area contributed by atoms with Gasteiger partial charge in [0, 0.05) is 53.6 Å². The lowest BCUT2D eigenvalue weighted by Crippen LogP contribution is -2.00. The molecule has 0 radical (unpaired) electrons. The molecular formula is C50H32N4S. The van der Waals surface area contributed by atoms with Crippen LogP contribution < -0.4 is 0 Å². The summed E-state index contributed by atoms with van der Waals surface area (Å²) in [5, 5.41) is 2.47. The van der Waals surface area contributed by atoms with E-state index in [1.807, 2.05) is 59.9 Å². The van der Waals surface area contributed by atoms with Crippen LogP contribution in [0, 0.1) is 0 Å². The number of fused-ring (bicyclic) bond motifs is 3. The highest BCUT2D eigenvalue weighted by atomic mass is 32.1. The number of aromatic nitrogens is 4. The quantitative estimate of drug-likeness (QED) is 0.164. The molecule has 0 unspecified atom stereocenters. The van der Waals surface area contributed by atoms with Crippen molar-refractivity contribution in [2.24, 2.45) is 0 Å². The Morgan fingerprint density at radius 1 is 0.291 bits per heavy atom. The van der Waals surface area contributed by atoms with Gasteiger partial charge in [0.15, 0.2) is 11.6 Å². The van der Waals surface area contributed by atoms with Crippen molar-refractivity contribution < 1.29 is 0 Å². The Bertz CT molecular complexity index is 2850. The SMILES string of the molecule is c1ccc(-c2cc(-c3ccccc3)nc(-c3ccc(-c4cccc5sc6ccccc6c45)c(-c4nc(-c5ccccc5)cc(-c5ccccc5)n4)c3)n2)cc1. The Hall–Kier alpha value is -7.08. The van der Waals surface area contributed by atoms with Crippen LogP contribution in [0.25, 0.3) is 99.1 Å². The molecule has 7 aromatic carbocycles. The molecule has 258 valence electrons. The van der Waals surface area contributed by atoms with Crippen molar-refractivity contribution >= 4 is 31.5 Å². The number of hydrogen-bond donors (Lipinski definition) is 0. The summed E-state index contributed by atoms with van der Waals surface area (Å²) >= 11 is 1.82. The fourth-order valence-electron chi connectivity index (χ4n) is 7.27. The molecule has 0 spiro atoms. The molecule has 0 aliphatic rings. The second-order valence-electron chi connectivity index (χ2n) is 13.4. The average molecular weight is 721 g/mol. The first-order valence-electron chi connectivity index (χ1n) is 18.3. The highest BCUT2D eigenvalue weighted by molar-refractivity contribution is 7.25. The van der Waals surface area contributed by atoms with Gasteiger partial charge >= 0.3 is 0 Å². The highest BCUT2D eigenvalue weighted by Crippen LogP contribution is 2.44. The van der Waals surface area contributed by atoms with Crippen LogP contribution in [0.2, 0.25) is 0 Å². The van der Waals surface area contributed by atoms with E-state index < -0.39 is 0 Å². The topological polar surface area (TPSA) is 51.6 Å². The van der Waals surface area contributed by atoms with Gasteiger partial charge in [0.2, 0.25) is 0 Å². The lowest BCUT2D eigenvalue weighted by atomic mass is 9.93. The number of benzene rings is 7. The lowest BCUT2D eigenvalue weighted by molar-refractivity contribution is 1.17. The molecule has 0 fully saturated rings. The zero-order chi connectivity index (χ0) is 36.6. The molecule has 4 nitrogen and oxygen atoms in total. The zero-order valence-corrected chi connectivity index (χ0v) is 30.5. The third-order valence-electron chi connectivity index (χ3n) is 9.94. The molecule has 10 rings (SSSR count). The van der Waals surface area contributed by atoms with Gasteiger partial charge in [-0.1, -0.05) is 164 Å². The Morgan fingerprint density at radius 2 is 0.745 bits per heavy atom. The van der Waals surface area contributed by atoms with Crippen LogP contribution >= 0.6 is 11.3 Å². The van der Waals surface area contributed by atoms with E-state index in [-0.39, 0.29) is 0 Å². The molecule has 0 N–H and O–H groups in total. The summed E-state index contributed by atoms with van der Waals surface area (Å²) < 4.78 is 2.50. The minimum atomic E-state index is 0.634. The Morgan fingerprint density at radius 3 is 1.27 bits per heavy atom. The van der Waals surface area contributed by atoms with Gasteiger partial charge in [-0.2, -0.15) is 0 Å². The van der Waals surface area contributed by atoms with Crippen molar-refractivity contribution in [3.8, 4) is 78.9 Å². The van der Waals surface area contributed by atoms with Gasteiger partial charge in [0.1, 0.15) is 0 Å². The second kappa shape index (κ2) is 14.0. The van der Waals surface area contributed by atoms with E-state index in [1.54, 1.807) is 0 Å². The van der Waals surface area contributed by atoms with Gasteiger partial charge < -0.3 is 0 Å². The summed E-state index contributed by atoms with van der Waals surface area (Å²) in [7, 11) is 0. The van der Waals surface area contributed by atoms with Crippen LogP contribution in [0.1, 0.15) is 0 Å². The van der Waals surface area contributed by atoms with Crippen LogP contribution in [0.5, 0.6) is 0 Å². The minimum Gasteiger partial charge on any atom is -0.228 e. The van der Waals surface area contributed by atoms with E-state index >= 15 is 0 Å². The van der Waals surface area contributed by atoms with E-state index in [0.717, 1.165) is 67.3 Å². The monoisotopic (exact) mass is 720 g/mol. The standard InChI is InChI=1S/C50H32N4S/c1-5-16-33(17-6-1)42-31-43(34-18-7-2-8-19-34)52-49(51-42)37-28-29-38(39-25-15-27-47-48(39)40-24-13-14-26-46(40)55-47)41(30-37)50-53-44(35-20-9-3-10-21-35)32-45(54-50)36-22-11-4-12-23-36/h1-32H. The second-order valence-corrected chi connectivity index (χ2v) is 14.5. The summed E-state index contributed by atoms with van der Waals surface area (Å²) in [6.45, 7) is 0. The van der Waals surface area contributed by atoms with Gasteiger partial charge in [0.05, 0.1) is 22.8 Å². The number of rotatable bonds is 7. The number of hydrogen-bond acceptors (Lipinski definition) is 5. The summed E-state index contributed by atoms with van der Waals surface area (Å²) in [6, 6.07) is 67.2. The molecule has 5 heteroatoms. The molecule has 0 amide bonds. The molecule has 0 bridgehead atoms. The van der Waals surface area contributed by atoms with Crippen LogP contribution in [-0.2, 0) is 0 Å². The van der Waals surface area contributed by atoms with E-state index in [9.17, 15) is 0 Å². The van der Waals surface area contributed by atoms with E-state index in [2.05, 4.69) is 146 Å². The number of thiophene rings is 1. The Labute approximate surface area is 323 Å². The lowest BCUT2D eigenvalue weighted by Gasteiger charge is -2.16. The molecule has 0 saturated carbocycles. The Balaban J connectivity index is 1.26. The molecule has 3 heterocycles. The van der Waals surface area contributed by atoms with Crippen molar-refractivity contribution in [1.82, 2.24) is 19.9 Å². The summed E-state index contributed by atoms with van der Waals surface area (Å²) in [4.78, 5) is 21.1. The predicted molar refractivity (Wildman–Crippen MR) is 229 cm³/mol. The Kier molecular flexibility index (Phi) is 8.32. The van der Waals surface area contributed by atoms with Crippen molar-refractivity contribution in [3.05, 3.63) is 194 Å². The molecule has 0 saturated heterocycles. The first-order chi connectivity index (χ1) is 27.2. The van der Waals surface area contributed by atoms with Gasteiger partial charge in [-0.15, -0.1) is 11.3 Å². The zero-order valence-electron chi connectivity index (χ0n) is 29.7. The van der Waals surface area contributed by atoms with Gasteiger partial charge in [-0.05, 0) is 41.5 Å². The van der Waals surface area contributed by atoms with Crippen LogP contribution in [-0.4, -0.2) is 19.9 Å². The fourth-order valence-corrected chi connectivity index (χ4v) is 8.41. The highest BCUT2D eigenvalue weighted by Gasteiger charge is 2.20. The first kappa shape index (κ1) is 32.6. The number of nitrogens with zero attached hydrogens (tertiary/aromatic N) is 4. The van der Waals surface area contributed by atoms with Crippen LogP contribution in [0.3, 0.4) is 0 Å². The maximum atomic E-state index is 5.33. The summed E-state index contributed by atoms with van der Waals surface area (Å²) in [5.74, 6) is 1.27. The third-order valence-corrected chi connectivity index (χ3v) is 11.1. The molecule has 0 aliphatic carbocycles. The van der Waals surface area contributed by atoms with Crippen molar-refractivity contribution in [2.45, 2.75) is 0 Å². The smallest absolute Gasteiger partial charge is 0.161 e. The largest absolute Gasteiger partial charge is 0.228 e. The fraction of sp³-hybridized carbons (Fsp3) is 0. The van der Waals surface area contributed by atoms with Crippen molar-refractivity contribution in [3.63, 3.8) is 0 Å². The first-order valence-corrected chi connectivity index (χ1v) is 19.1. The molecule has 0 atom stereocenters. The van der Waals surface area contributed by atoms with E-state index in [1.165, 1.54) is 20.2 Å². The molecular weight excluding hydrogens is 689 g/mol.